The maximum Gasteiger partial charge on any atom is 0.405 e. The summed E-state index contributed by atoms with van der Waals surface area (Å²) in [5.41, 5.74) is 0. The molecule has 16 heavy (non-hydrogen) atoms. The van der Waals surface area contributed by atoms with E-state index < -0.39 is 26.7 Å². The van der Waals surface area contributed by atoms with Gasteiger partial charge in [0.1, 0.15) is 0 Å². The lowest BCUT2D eigenvalue weighted by atomic mass is 10.2. The third-order valence-corrected chi connectivity index (χ3v) is 7.44. The van der Waals surface area contributed by atoms with Crippen LogP contribution in [0.3, 0.4) is 0 Å². The van der Waals surface area contributed by atoms with Crippen molar-refractivity contribution in [1.29, 1.82) is 0 Å². The minimum Gasteiger partial charge on any atom is -0.465 e. The Balaban J connectivity index is 4.44. The fourth-order valence-electron chi connectivity index (χ4n) is 0.847. The molecule has 0 fully saturated rings. The predicted octanol–water partition coefficient (Wildman–Crippen LogP) is 1.98. The molecule has 6 heteroatoms. The maximum absolute atomic E-state index is 10.4. The van der Waals surface area contributed by atoms with Gasteiger partial charge in [0.2, 0.25) is 0 Å². The van der Waals surface area contributed by atoms with Crippen LogP contribution in [0.15, 0.2) is 0 Å². The first-order chi connectivity index (χ1) is 6.97. The topological polar surface area (TPSA) is 78.8 Å². The summed E-state index contributed by atoms with van der Waals surface area (Å²) in [7, 11) is -2.06. The van der Waals surface area contributed by atoms with E-state index in [2.05, 4.69) is 26.1 Å². The Labute approximate surface area is 97.9 Å². The molecule has 0 radical (unpaired) electrons. The van der Waals surface area contributed by atoms with E-state index in [0.717, 1.165) is 0 Å². The van der Waals surface area contributed by atoms with Gasteiger partial charge in [-0.1, -0.05) is 20.8 Å². The second-order valence-corrected chi connectivity index (χ2v) is 10.3. The van der Waals surface area contributed by atoms with Crippen LogP contribution in [0.2, 0.25) is 18.1 Å². The van der Waals surface area contributed by atoms with Gasteiger partial charge < -0.3 is 20.0 Å². The molecule has 0 aromatic carbocycles. The van der Waals surface area contributed by atoms with E-state index in [-0.39, 0.29) is 5.04 Å². The Kier molecular flexibility index (Phi) is 4.97. The van der Waals surface area contributed by atoms with Gasteiger partial charge in [0, 0.05) is 0 Å². The highest BCUT2D eigenvalue weighted by Crippen LogP contribution is 2.37. The van der Waals surface area contributed by atoms with E-state index in [1.807, 2.05) is 13.1 Å². The van der Waals surface area contributed by atoms with Crippen molar-refractivity contribution < 1.29 is 19.4 Å². The zero-order chi connectivity index (χ0) is 13.1. The highest BCUT2D eigenvalue weighted by atomic mass is 28.4. The molecule has 0 heterocycles. The first kappa shape index (κ1) is 15.4. The highest BCUT2D eigenvalue weighted by Gasteiger charge is 2.40. The third-order valence-electron chi connectivity index (χ3n) is 3.00. The highest BCUT2D eigenvalue weighted by molar-refractivity contribution is 6.74. The van der Waals surface area contributed by atoms with Crippen LogP contribution < -0.4 is 5.32 Å². The van der Waals surface area contributed by atoms with Crippen molar-refractivity contribution in [3.8, 4) is 0 Å². The lowest BCUT2D eigenvalue weighted by Gasteiger charge is -2.38. The Bertz CT molecular complexity index is 250. The Morgan fingerprint density at radius 3 is 2.12 bits per heavy atom. The Morgan fingerprint density at radius 2 is 1.81 bits per heavy atom. The van der Waals surface area contributed by atoms with Gasteiger partial charge in [-0.3, -0.25) is 0 Å². The molecule has 0 aromatic heterocycles. The molecule has 0 unspecified atom stereocenters. The van der Waals surface area contributed by atoms with E-state index in [0.29, 0.717) is 0 Å². The van der Waals surface area contributed by atoms with Crippen LogP contribution in [-0.2, 0) is 4.43 Å². The number of aliphatic hydroxyl groups is 1. The number of hydrogen-bond acceptors (Lipinski definition) is 3. The van der Waals surface area contributed by atoms with Gasteiger partial charge in [0.25, 0.3) is 0 Å². The molecule has 0 rings (SSSR count). The molecule has 5 nitrogen and oxygen atoms in total. The molecular weight excluding hydrogens is 226 g/mol. The standard InChI is InChI=1S/C10H23NO4Si/c1-7(11-9(13)14)8(12)15-16(5,6)10(2,3)4/h7-8,11-12H,1-6H3,(H,13,14)/t7-,8+/m1/s1. The normalized spacial score (nSPS) is 16.7. The van der Waals surface area contributed by atoms with Crippen molar-refractivity contribution in [3.05, 3.63) is 0 Å². The van der Waals surface area contributed by atoms with Gasteiger partial charge in [-0.15, -0.1) is 0 Å². The molecule has 0 spiro atoms. The van der Waals surface area contributed by atoms with Gasteiger partial charge in [0.05, 0.1) is 6.04 Å². The summed E-state index contributed by atoms with van der Waals surface area (Å²) in [6.07, 6.45) is -2.26. The Hall–Kier alpha value is -0.593. The number of aliphatic hydroxyl groups excluding tert-OH is 1. The summed E-state index contributed by atoms with van der Waals surface area (Å²) >= 11 is 0. The van der Waals surface area contributed by atoms with Crippen molar-refractivity contribution in [2.24, 2.45) is 0 Å². The molecule has 3 N–H and O–H groups in total. The molecule has 0 bridgehead atoms. The number of nitrogens with one attached hydrogen (secondary N) is 1. The number of carboxylic acid groups (broad SMARTS) is 1. The molecule has 0 aliphatic heterocycles. The number of hydrogen-bond donors (Lipinski definition) is 3. The van der Waals surface area contributed by atoms with E-state index in [4.69, 9.17) is 9.53 Å². The first-order valence-electron chi connectivity index (χ1n) is 5.33. The largest absolute Gasteiger partial charge is 0.465 e. The zero-order valence-corrected chi connectivity index (χ0v) is 11.9. The number of rotatable bonds is 4. The SMILES string of the molecule is C[C@@H](NC(=O)O)[C@@H](O)O[Si](C)(C)C(C)(C)C. The summed E-state index contributed by atoms with van der Waals surface area (Å²) in [6.45, 7) is 11.8. The average molecular weight is 249 g/mol. The minimum atomic E-state index is -2.06. The second kappa shape index (κ2) is 5.16. The van der Waals surface area contributed by atoms with E-state index in [1.54, 1.807) is 6.92 Å². The molecule has 0 saturated carbocycles. The molecule has 0 aliphatic rings. The lowest BCUT2D eigenvalue weighted by molar-refractivity contribution is -0.0497. The molecule has 0 aliphatic carbocycles. The van der Waals surface area contributed by atoms with Crippen LogP contribution in [0.25, 0.3) is 0 Å². The lowest BCUT2D eigenvalue weighted by Crippen LogP contribution is -2.50. The monoisotopic (exact) mass is 249 g/mol. The maximum atomic E-state index is 10.4. The quantitative estimate of drug-likeness (QED) is 0.526. The second-order valence-electron chi connectivity index (χ2n) is 5.51. The van der Waals surface area contributed by atoms with Crippen LogP contribution >= 0.6 is 0 Å². The molecular formula is C10H23NO4Si. The van der Waals surface area contributed by atoms with E-state index >= 15 is 0 Å². The van der Waals surface area contributed by atoms with Crippen LogP contribution in [-0.4, -0.2) is 37.0 Å². The van der Waals surface area contributed by atoms with E-state index in [1.165, 1.54) is 0 Å². The van der Waals surface area contributed by atoms with Gasteiger partial charge in [-0.25, -0.2) is 4.79 Å². The van der Waals surface area contributed by atoms with Gasteiger partial charge in [-0.05, 0) is 25.1 Å². The summed E-state index contributed by atoms with van der Waals surface area (Å²) in [5, 5.41) is 20.4. The molecule has 1 amide bonds. The van der Waals surface area contributed by atoms with Crippen LogP contribution in [0, 0.1) is 0 Å². The van der Waals surface area contributed by atoms with Gasteiger partial charge >= 0.3 is 6.09 Å². The van der Waals surface area contributed by atoms with Crippen LogP contribution in [0.1, 0.15) is 27.7 Å². The summed E-state index contributed by atoms with van der Waals surface area (Å²) < 4.78 is 5.63. The molecule has 0 saturated heterocycles. The summed E-state index contributed by atoms with van der Waals surface area (Å²) in [4.78, 5) is 10.4. The average Bonchev–Trinajstić information content (AvgIpc) is 1.99. The van der Waals surface area contributed by atoms with Crippen molar-refractivity contribution in [3.63, 3.8) is 0 Å². The zero-order valence-electron chi connectivity index (χ0n) is 10.9. The van der Waals surface area contributed by atoms with Crippen molar-refractivity contribution in [2.45, 2.75) is 58.2 Å². The van der Waals surface area contributed by atoms with Gasteiger partial charge in [0.15, 0.2) is 14.6 Å². The van der Waals surface area contributed by atoms with Crippen molar-refractivity contribution in [1.82, 2.24) is 5.32 Å². The first-order valence-corrected chi connectivity index (χ1v) is 8.23. The predicted molar refractivity (Wildman–Crippen MR) is 64.9 cm³/mol. The summed E-state index contributed by atoms with van der Waals surface area (Å²) in [6, 6.07) is -0.633. The minimum absolute atomic E-state index is 0.0169. The van der Waals surface area contributed by atoms with Crippen molar-refractivity contribution >= 4 is 14.4 Å². The smallest absolute Gasteiger partial charge is 0.405 e. The van der Waals surface area contributed by atoms with Crippen LogP contribution in [0.4, 0.5) is 4.79 Å². The number of carbonyl (C=O) groups is 1. The van der Waals surface area contributed by atoms with Crippen LogP contribution in [0.5, 0.6) is 0 Å². The van der Waals surface area contributed by atoms with Gasteiger partial charge in [-0.2, -0.15) is 0 Å². The fourth-order valence-corrected chi connectivity index (χ4v) is 2.01. The summed E-state index contributed by atoms with van der Waals surface area (Å²) in [5.74, 6) is 0. The number of amides is 1. The molecule has 0 aromatic rings. The van der Waals surface area contributed by atoms with Crippen molar-refractivity contribution in [2.75, 3.05) is 0 Å². The Morgan fingerprint density at radius 1 is 1.38 bits per heavy atom. The molecule has 2 atom stereocenters. The fraction of sp³-hybridized carbons (Fsp3) is 0.900. The van der Waals surface area contributed by atoms with E-state index in [9.17, 15) is 9.90 Å². The third kappa shape index (κ3) is 4.50. The molecule has 96 valence electrons.